The van der Waals surface area contributed by atoms with E-state index in [0.717, 1.165) is 16.3 Å². The highest BCUT2D eigenvalue weighted by molar-refractivity contribution is 6.68. The molecule has 4 aliphatic rings. The van der Waals surface area contributed by atoms with Crippen molar-refractivity contribution < 1.29 is 4.42 Å². The number of hydrogen-bond donors (Lipinski definition) is 0. The largest absolute Gasteiger partial charge is 0.457 e. The van der Waals surface area contributed by atoms with Gasteiger partial charge in [0.2, 0.25) is 0 Å². The Bertz CT molecular complexity index is 2990. The predicted molar refractivity (Wildman–Crippen MR) is 247 cm³/mol. The molecule has 0 amide bonds. The van der Waals surface area contributed by atoms with E-state index >= 15 is 0 Å². The molecule has 4 aliphatic carbocycles. The predicted octanol–water partition coefficient (Wildman–Crippen LogP) is -2.55. The fourth-order valence-electron chi connectivity index (χ4n) is 8.96. The van der Waals surface area contributed by atoms with Crippen molar-refractivity contribution >= 4 is 208 Å². The van der Waals surface area contributed by atoms with Crippen molar-refractivity contribution in [3.63, 3.8) is 0 Å². The van der Waals surface area contributed by atoms with Gasteiger partial charge < -0.3 is 4.42 Å². The maximum atomic E-state index is 7.20. The molecule has 32 radical (unpaired) electrons. The van der Waals surface area contributed by atoms with E-state index < -0.39 is 17.6 Å². The molecule has 0 bridgehead atoms. The van der Waals surface area contributed by atoms with Crippen molar-refractivity contribution in [1.29, 1.82) is 0 Å². The Morgan fingerprint density at radius 2 is 0.982 bits per heavy atom. The van der Waals surface area contributed by atoms with Crippen LogP contribution in [0.4, 0.5) is 0 Å². The van der Waals surface area contributed by atoms with Gasteiger partial charge in [-0.3, -0.25) is 0 Å². The van der Waals surface area contributed by atoms with E-state index in [1.54, 1.807) is 0 Å². The second kappa shape index (κ2) is 12.8. The van der Waals surface area contributed by atoms with Gasteiger partial charge in [-0.15, -0.1) is 32.8 Å². The van der Waals surface area contributed by atoms with Crippen molar-refractivity contribution in [2.24, 2.45) is 5.92 Å². The maximum absolute atomic E-state index is 7.20. The quantitative estimate of drug-likeness (QED) is 0.194. The minimum absolute atomic E-state index is 0.0108. The van der Waals surface area contributed by atoms with Gasteiger partial charge in [-0.2, -0.15) is 0 Å². The molecule has 0 fully saturated rings. The summed E-state index contributed by atoms with van der Waals surface area (Å²) in [6.45, 7) is 0. The molecule has 220 valence electrons. The molecule has 1 nitrogen and oxygen atoms in total. The lowest BCUT2D eigenvalue weighted by Gasteiger charge is -2.38. The van der Waals surface area contributed by atoms with Crippen molar-refractivity contribution in [2.45, 2.75) is 11.6 Å². The Kier molecular flexibility index (Phi) is 8.64. The number of hydrogen-bond acceptors (Lipinski definition) is 1. The molecular formula is C39H10B16O. The molecule has 0 N–H and O–H groups in total. The van der Waals surface area contributed by atoms with Crippen molar-refractivity contribution in [2.75, 3.05) is 0 Å². The summed E-state index contributed by atoms with van der Waals surface area (Å²) in [6.07, 6.45) is 0. The average molecular weight is 668 g/mol. The topological polar surface area (TPSA) is 13.1 Å². The van der Waals surface area contributed by atoms with E-state index in [1.807, 2.05) is 42.5 Å². The first-order valence-electron chi connectivity index (χ1n) is 17.5. The lowest BCUT2D eigenvalue weighted by molar-refractivity contribution is 0.675. The van der Waals surface area contributed by atoms with E-state index in [1.165, 1.54) is 0 Å². The molecular weight excluding hydrogens is 657 g/mol. The highest BCUT2D eigenvalue weighted by Gasteiger charge is 2.46. The fourth-order valence-corrected chi connectivity index (χ4v) is 8.96. The van der Waals surface area contributed by atoms with Crippen LogP contribution in [0.2, 0.25) is 11.6 Å². The smallest absolute Gasteiger partial charge is 0.128 e. The molecule has 1 aromatic heterocycles. The van der Waals surface area contributed by atoms with Crippen LogP contribution in [0.3, 0.4) is 0 Å². The number of furan rings is 1. The third-order valence-electron chi connectivity index (χ3n) is 11.8. The Morgan fingerprint density at radius 1 is 0.411 bits per heavy atom. The molecule has 3 unspecified atom stereocenters. The number of rotatable bonds is 3. The first kappa shape index (κ1) is 37.7. The van der Waals surface area contributed by atoms with E-state index in [9.17, 15) is 0 Å². The van der Waals surface area contributed by atoms with Gasteiger partial charge in [0.15, 0.2) is 0 Å². The van der Waals surface area contributed by atoms with Crippen LogP contribution in [0.15, 0.2) is 113 Å². The molecule has 17 heteroatoms. The zero-order valence-electron chi connectivity index (χ0n) is 29.9. The van der Waals surface area contributed by atoms with Crippen LogP contribution >= 0.6 is 0 Å². The Balaban J connectivity index is 1.41. The van der Waals surface area contributed by atoms with Crippen molar-refractivity contribution in [1.82, 2.24) is 0 Å². The Hall–Kier alpha value is -3.84. The van der Waals surface area contributed by atoms with Gasteiger partial charge in [0, 0.05) is 16.7 Å². The van der Waals surface area contributed by atoms with Gasteiger partial charge in [0.1, 0.15) is 121 Å². The monoisotopic (exact) mass is 670 g/mol. The summed E-state index contributed by atoms with van der Waals surface area (Å²) < 4.78 is 6.29. The zero-order chi connectivity index (χ0) is 40.1. The molecule has 56 heavy (non-hydrogen) atoms. The van der Waals surface area contributed by atoms with Crippen molar-refractivity contribution in [3.8, 4) is 0 Å². The highest BCUT2D eigenvalue weighted by Crippen LogP contribution is 2.62. The maximum Gasteiger partial charge on any atom is 0.128 e. The summed E-state index contributed by atoms with van der Waals surface area (Å²) in [5.74, 6) is -2.85. The molecule has 0 saturated carbocycles. The van der Waals surface area contributed by atoms with Crippen LogP contribution in [0.5, 0.6) is 0 Å². The molecule has 0 saturated heterocycles. The molecule has 9 rings (SSSR count). The van der Waals surface area contributed by atoms with Crippen molar-refractivity contribution in [3.05, 3.63) is 120 Å². The van der Waals surface area contributed by atoms with Gasteiger partial charge in [-0.1, -0.05) is 80.1 Å². The lowest BCUT2D eigenvalue weighted by atomic mass is 9.57. The summed E-state index contributed by atoms with van der Waals surface area (Å²) in [5.41, 5.74) is 5.70. The third-order valence-corrected chi connectivity index (χ3v) is 11.8. The Labute approximate surface area is 347 Å². The number of allylic oxidation sites excluding steroid dienone is 14. The SMILES string of the molecule is [B]C1=C([B])C([B])C2=C(c3c([B])c([B])c([B])c4oc5c([B])c([B])c([B])c([B])c5c34)C3C([B])=C([B])C([B])=C3C(C3=C([B])C([B])=C(c4ccc5ccccc5c4)C3[B])=C12. The number of fused-ring (bicyclic) bond motifs is 6. The molecule has 1 heterocycles. The van der Waals surface area contributed by atoms with Gasteiger partial charge in [-0.25, -0.2) is 0 Å². The highest BCUT2D eigenvalue weighted by atomic mass is 16.3. The van der Waals surface area contributed by atoms with Gasteiger partial charge in [-0.05, 0) is 78.6 Å². The van der Waals surface area contributed by atoms with Gasteiger partial charge in [0.05, 0.1) is 15.7 Å². The summed E-state index contributed by atoms with van der Waals surface area (Å²) in [4.78, 5) is 0. The van der Waals surface area contributed by atoms with E-state index in [-0.39, 0.29) is 98.7 Å². The summed E-state index contributed by atoms with van der Waals surface area (Å²) in [5, 5.41) is 2.60. The summed E-state index contributed by atoms with van der Waals surface area (Å²) >= 11 is 0. The fraction of sp³-hybridized carbons (Fsp3) is 0.0769. The van der Waals surface area contributed by atoms with Crippen LogP contribution in [0.1, 0.15) is 11.1 Å². The van der Waals surface area contributed by atoms with Gasteiger partial charge in [0.25, 0.3) is 0 Å². The number of benzene rings is 4. The minimum Gasteiger partial charge on any atom is -0.457 e. The van der Waals surface area contributed by atoms with E-state index in [0.29, 0.717) is 44.4 Å². The molecule has 5 aromatic rings. The Morgan fingerprint density at radius 3 is 1.66 bits per heavy atom. The molecule has 3 atom stereocenters. The van der Waals surface area contributed by atoms with Gasteiger partial charge >= 0.3 is 0 Å². The zero-order valence-corrected chi connectivity index (χ0v) is 29.9. The van der Waals surface area contributed by atoms with Crippen LogP contribution < -0.4 is 38.2 Å². The molecule has 0 spiro atoms. The van der Waals surface area contributed by atoms with Crippen LogP contribution in [-0.4, -0.2) is 126 Å². The summed E-state index contributed by atoms with van der Waals surface area (Å²) in [6, 6.07) is 13.9. The lowest BCUT2D eigenvalue weighted by Crippen LogP contribution is -2.47. The van der Waals surface area contributed by atoms with E-state index in [4.69, 9.17) is 130 Å². The minimum atomic E-state index is -1.02. The second-order valence-electron chi connectivity index (χ2n) is 14.5. The molecule has 0 aliphatic heterocycles. The third kappa shape index (κ3) is 4.73. The first-order valence-corrected chi connectivity index (χ1v) is 17.5. The normalized spacial score (nSPS) is 21.3. The van der Waals surface area contributed by atoms with Crippen LogP contribution in [0, 0.1) is 5.92 Å². The second-order valence-corrected chi connectivity index (χ2v) is 14.5. The standard InChI is InChI=1S/C39H10B16O/c40-22-11(10-6-5-8-3-1-2-4-9(8)7-10)23(41)29(47)20(22)13-16-14(24(42)31(49)26(16)44)12(15-17(13)27(45)32(50)25(15)43)18-19-21-30(48)33(51)35(53)37(55)39(21)56-38(19)36(54)34(52)28(18)46/h1-7,14,22,25H. The van der Waals surface area contributed by atoms with Crippen LogP contribution in [-0.2, 0) is 0 Å². The van der Waals surface area contributed by atoms with E-state index in [2.05, 4.69) is 0 Å². The van der Waals surface area contributed by atoms with Crippen LogP contribution in [0.25, 0.3) is 43.9 Å². The average Bonchev–Trinajstić information content (AvgIpc) is 3.83. The molecule has 4 aromatic carbocycles. The summed E-state index contributed by atoms with van der Waals surface area (Å²) in [7, 11) is 108. The first-order chi connectivity index (χ1) is 26.5.